The Morgan fingerprint density at radius 2 is 2.00 bits per heavy atom. The van der Waals surface area contributed by atoms with Crippen molar-refractivity contribution < 1.29 is 19.1 Å². The van der Waals surface area contributed by atoms with Crippen LogP contribution in [0.3, 0.4) is 0 Å². The van der Waals surface area contributed by atoms with E-state index in [1.807, 2.05) is 46.0 Å². The van der Waals surface area contributed by atoms with Gasteiger partial charge in [-0.3, -0.25) is 4.79 Å². The summed E-state index contributed by atoms with van der Waals surface area (Å²) >= 11 is 3.12. The maximum absolute atomic E-state index is 12.8. The molecule has 0 aliphatic carbocycles. The number of amides is 1. The molecule has 1 aromatic heterocycles. The van der Waals surface area contributed by atoms with Crippen molar-refractivity contribution >= 4 is 40.1 Å². The molecular formula is C24H25N3O4S2. The quantitative estimate of drug-likeness (QED) is 0.566. The van der Waals surface area contributed by atoms with Gasteiger partial charge in [0, 0.05) is 22.7 Å². The van der Waals surface area contributed by atoms with E-state index in [2.05, 4.69) is 16.4 Å². The van der Waals surface area contributed by atoms with E-state index < -0.39 is 12.0 Å². The second kappa shape index (κ2) is 10.3. The van der Waals surface area contributed by atoms with E-state index >= 15 is 0 Å². The lowest BCUT2D eigenvalue weighted by Gasteiger charge is -2.36. The molecule has 2 aromatic rings. The van der Waals surface area contributed by atoms with Gasteiger partial charge < -0.3 is 19.7 Å². The Morgan fingerprint density at radius 3 is 2.73 bits per heavy atom. The summed E-state index contributed by atoms with van der Waals surface area (Å²) in [5.74, 6) is 0.113. The van der Waals surface area contributed by atoms with E-state index in [0.29, 0.717) is 23.6 Å². The molecule has 1 atom stereocenters. The van der Waals surface area contributed by atoms with Gasteiger partial charge in [-0.15, -0.1) is 11.3 Å². The van der Waals surface area contributed by atoms with Crippen molar-refractivity contribution in [2.75, 3.05) is 20.8 Å². The third-order valence-electron chi connectivity index (χ3n) is 5.45. The topological polar surface area (TPSA) is 80.2 Å². The number of aliphatic imine (C=N–C) groups is 1. The zero-order valence-electron chi connectivity index (χ0n) is 18.7. The summed E-state index contributed by atoms with van der Waals surface area (Å²) in [6, 6.07) is 11.1. The molecule has 2 aliphatic rings. The molecule has 3 heterocycles. The van der Waals surface area contributed by atoms with Gasteiger partial charge in [0.15, 0.2) is 5.17 Å². The molecule has 0 spiro atoms. The number of carbonyl (C=O) groups excluding carboxylic acids is 2. The number of methoxy groups -OCH3 is 2. The number of nitrogens with zero attached hydrogens (tertiary/aromatic N) is 2. The first-order valence-electron chi connectivity index (χ1n) is 10.5. The number of allylic oxidation sites excluding steroid dienone is 1. The summed E-state index contributed by atoms with van der Waals surface area (Å²) in [7, 11) is 2.96. The number of nitrogens with one attached hydrogen (secondary N) is 1. The second-order valence-electron chi connectivity index (χ2n) is 7.48. The Hall–Kier alpha value is -3.04. The number of para-hydroxylation sites is 1. The highest BCUT2D eigenvalue weighted by Crippen LogP contribution is 2.46. The number of hydrogen-bond donors (Lipinski definition) is 1. The smallest absolute Gasteiger partial charge is 0.338 e. The van der Waals surface area contributed by atoms with Crippen LogP contribution in [0, 0.1) is 0 Å². The van der Waals surface area contributed by atoms with Gasteiger partial charge in [-0.1, -0.05) is 36.0 Å². The zero-order chi connectivity index (χ0) is 23.4. The number of rotatable bonds is 8. The second-order valence-corrected chi connectivity index (χ2v) is 9.35. The van der Waals surface area contributed by atoms with Crippen LogP contribution in [0.5, 0.6) is 5.75 Å². The zero-order valence-corrected chi connectivity index (χ0v) is 20.3. The van der Waals surface area contributed by atoms with Crippen molar-refractivity contribution in [3.05, 3.63) is 74.6 Å². The first kappa shape index (κ1) is 23.1. The average Bonchev–Trinajstić information content (AvgIpc) is 3.48. The van der Waals surface area contributed by atoms with E-state index in [4.69, 9.17) is 9.47 Å². The van der Waals surface area contributed by atoms with Gasteiger partial charge in [0.2, 0.25) is 5.91 Å². The average molecular weight is 484 g/mol. The number of fused-ring (bicyclic) bond motifs is 1. The monoisotopic (exact) mass is 483 g/mol. The molecule has 0 saturated carbocycles. The molecule has 33 heavy (non-hydrogen) atoms. The number of thiophene rings is 1. The normalized spacial score (nSPS) is 17.3. The molecule has 0 radical (unpaired) electrons. The Balaban J connectivity index is 1.60. The summed E-state index contributed by atoms with van der Waals surface area (Å²) in [4.78, 5) is 33.4. The number of ether oxygens (including phenoxy) is 2. The Kier molecular flexibility index (Phi) is 7.20. The fraction of sp³-hybridized carbons (Fsp3) is 0.292. The number of esters is 1. The third-order valence-corrected chi connectivity index (χ3v) is 7.28. The van der Waals surface area contributed by atoms with E-state index in [0.717, 1.165) is 22.8 Å². The number of benzene rings is 1. The first-order chi connectivity index (χ1) is 16.0. The molecule has 7 nitrogen and oxygen atoms in total. The minimum Gasteiger partial charge on any atom is -0.496 e. The van der Waals surface area contributed by atoms with Gasteiger partial charge in [0.05, 0.1) is 38.0 Å². The van der Waals surface area contributed by atoms with Crippen LogP contribution < -0.4 is 10.1 Å². The first-order valence-corrected chi connectivity index (χ1v) is 12.2. The van der Waals surface area contributed by atoms with Crippen LogP contribution >= 0.6 is 23.1 Å². The van der Waals surface area contributed by atoms with Gasteiger partial charge in [0.25, 0.3) is 0 Å². The minimum atomic E-state index is -0.513. The van der Waals surface area contributed by atoms with Crippen LogP contribution in [0.4, 0.5) is 0 Å². The van der Waals surface area contributed by atoms with Crippen molar-refractivity contribution in [2.24, 2.45) is 4.99 Å². The van der Waals surface area contributed by atoms with Crippen LogP contribution in [0.25, 0.3) is 0 Å². The summed E-state index contributed by atoms with van der Waals surface area (Å²) < 4.78 is 10.7. The maximum Gasteiger partial charge on any atom is 0.338 e. The largest absolute Gasteiger partial charge is 0.496 e. The number of amidine groups is 1. The van der Waals surface area contributed by atoms with Crippen molar-refractivity contribution in [2.45, 2.75) is 25.8 Å². The van der Waals surface area contributed by atoms with Crippen LogP contribution in [0.1, 0.15) is 29.8 Å². The third kappa shape index (κ3) is 4.84. The fourth-order valence-electron chi connectivity index (χ4n) is 3.93. The number of hydrogen-bond acceptors (Lipinski definition) is 8. The summed E-state index contributed by atoms with van der Waals surface area (Å²) in [6.45, 7) is 2.37. The van der Waals surface area contributed by atoms with Gasteiger partial charge >= 0.3 is 5.97 Å². The molecule has 2 aliphatic heterocycles. The number of thioether (sulfide) groups is 1. The number of carbonyl (C=O) groups is 2. The van der Waals surface area contributed by atoms with Crippen molar-refractivity contribution in [3.63, 3.8) is 0 Å². The molecule has 9 heteroatoms. The van der Waals surface area contributed by atoms with Crippen molar-refractivity contribution in [1.29, 1.82) is 0 Å². The van der Waals surface area contributed by atoms with Crippen molar-refractivity contribution in [3.8, 4) is 5.75 Å². The lowest BCUT2D eigenvalue weighted by atomic mass is 9.93. The lowest BCUT2D eigenvalue weighted by molar-refractivity contribution is -0.136. The van der Waals surface area contributed by atoms with Gasteiger partial charge in [-0.05, 0) is 36.3 Å². The van der Waals surface area contributed by atoms with Crippen LogP contribution in [-0.2, 0) is 20.7 Å². The standard InChI is InChI=1S/C24H25N3O4S2/c1-15-21(23(29)31-3)22(18-8-4-5-9-19(18)30-2)27-16(14-33-24(27)26-15)13-20(28)25-11-10-17-7-6-12-32-17/h4-9,12,14,22H,10-11,13H2,1-3H3,(H,25,28)/t22-/m0/s1. The van der Waals surface area contributed by atoms with E-state index in [9.17, 15) is 9.59 Å². The molecule has 4 rings (SSSR count). The van der Waals surface area contributed by atoms with Crippen LogP contribution in [0.2, 0.25) is 0 Å². The summed E-state index contributed by atoms with van der Waals surface area (Å²) in [5.41, 5.74) is 2.60. The summed E-state index contributed by atoms with van der Waals surface area (Å²) in [5, 5.41) is 7.67. The Bertz CT molecular complexity index is 1140. The van der Waals surface area contributed by atoms with Crippen LogP contribution in [0.15, 0.2) is 69.1 Å². The fourth-order valence-corrected chi connectivity index (χ4v) is 5.61. The molecule has 0 unspecified atom stereocenters. The Labute approximate surface area is 201 Å². The predicted octanol–water partition coefficient (Wildman–Crippen LogP) is 4.25. The SMILES string of the molecule is COC(=O)C1=C(C)N=C2SC=C(CC(=O)NCCc3cccs3)N2[C@H]1c1ccccc1OC. The highest BCUT2D eigenvalue weighted by atomic mass is 32.2. The summed E-state index contributed by atoms with van der Waals surface area (Å²) in [6.07, 6.45) is 0.974. The predicted molar refractivity (Wildman–Crippen MR) is 131 cm³/mol. The molecule has 172 valence electrons. The molecule has 0 fully saturated rings. The molecular weight excluding hydrogens is 458 g/mol. The molecule has 1 amide bonds. The van der Waals surface area contributed by atoms with Crippen molar-refractivity contribution in [1.82, 2.24) is 10.2 Å². The highest BCUT2D eigenvalue weighted by molar-refractivity contribution is 8.16. The minimum absolute atomic E-state index is 0.0793. The lowest BCUT2D eigenvalue weighted by Crippen LogP contribution is -2.38. The van der Waals surface area contributed by atoms with Crippen LogP contribution in [-0.4, -0.2) is 42.7 Å². The molecule has 1 aromatic carbocycles. The van der Waals surface area contributed by atoms with Gasteiger partial charge in [-0.2, -0.15) is 0 Å². The maximum atomic E-state index is 12.8. The Morgan fingerprint density at radius 1 is 1.18 bits per heavy atom. The molecule has 0 bridgehead atoms. The van der Waals surface area contributed by atoms with E-state index in [1.54, 1.807) is 25.4 Å². The van der Waals surface area contributed by atoms with E-state index in [1.165, 1.54) is 23.7 Å². The molecule has 0 saturated heterocycles. The van der Waals surface area contributed by atoms with E-state index in [-0.39, 0.29) is 12.3 Å². The highest BCUT2D eigenvalue weighted by Gasteiger charge is 2.42. The van der Waals surface area contributed by atoms with Gasteiger partial charge in [0.1, 0.15) is 5.75 Å². The molecule has 1 N–H and O–H groups in total. The van der Waals surface area contributed by atoms with Gasteiger partial charge in [-0.25, -0.2) is 9.79 Å².